The normalized spacial score (nSPS) is 12.1. The van der Waals surface area contributed by atoms with Gasteiger partial charge in [0.2, 0.25) is 5.91 Å². The highest BCUT2D eigenvalue weighted by atomic mass is 16.5. The molecule has 15 heavy (non-hydrogen) atoms. The van der Waals surface area contributed by atoms with Gasteiger partial charge in [-0.05, 0) is 5.56 Å². The van der Waals surface area contributed by atoms with Gasteiger partial charge in [-0.25, -0.2) is 0 Å². The van der Waals surface area contributed by atoms with Crippen molar-refractivity contribution < 1.29 is 14.6 Å². The Bertz CT molecular complexity index is 300. The Morgan fingerprint density at radius 3 is 2.67 bits per heavy atom. The first kappa shape index (κ1) is 11.7. The van der Waals surface area contributed by atoms with Crippen LogP contribution in [-0.2, 0) is 9.53 Å². The third-order valence-electron chi connectivity index (χ3n) is 2.01. The molecule has 0 aromatic heterocycles. The van der Waals surface area contributed by atoms with Crippen molar-refractivity contribution in [1.29, 1.82) is 0 Å². The number of aliphatic hydroxyl groups is 1. The molecular weight excluding hydrogens is 194 g/mol. The van der Waals surface area contributed by atoms with E-state index in [-0.39, 0.29) is 6.04 Å². The fourth-order valence-corrected chi connectivity index (χ4v) is 1.31. The number of carbonyl (C=O) groups excluding carboxylic acids is 1. The van der Waals surface area contributed by atoms with Crippen molar-refractivity contribution in [2.45, 2.75) is 6.04 Å². The van der Waals surface area contributed by atoms with E-state index in [2.05, 4.69) is 5.32 Å². The number of nitrogens with one attached hydrogen (secondary N) is 1. The molecular formula is C11H15NO3. The van der Waals surface area contributed by atoms with Gasteiger partial charge in [-0.3, -0.25) is 4.79 Å². The molecule has 1 amide bonds. The molecule has 0 fully saturated rings. The number of carbonyl (C=O) groups is 1. The molecule has 0 saturated carbocycles. The molecule has 4 nitrogen and oxygen atoms in total. The van der Waals surface area contributed by atoms with Crippen LogP contribution in [0.15, 0.2) is 30.3 Å². The number of ether oxygens (including phenoxy) is 1. The van der Waals surface area contributed by atoms with Crippen LogP contribution < -0.4 is 5.32 Å². The van der Waals surface area contributed by atoms with E-state index in [1.165, 1.54) is 0 Å². The summed E-state index contributed by atoms with van der Waals surface area (Å²) in [7, 11) is 1.57. The molecule has 1 rings (SSSR count). The lowest BCUT2D eigenvalue weighted by atomic mass is 10.1. The maximum atomic E-state index is 11.1. The van der Waals surface area contributed by atoms with E-state index in [0.29, 0.717) is 6.61 Å². The molecule has 1 atom stereocenters. The third-order valence-corrected chi connectivity index (χ3v) is 2.01. The van der Waals surface area contributed by atoms with Crippen molar-refractivity contribution in [3.63, 3.8) is 0 Å². The second-order valence-corrected chi connectivity index (χ2v) is 3.14. The summed E-state index contributed by atoms with van der Waals surface area (Å²) < 4.78 is 5.01. The van der Waals surface area contributed by atoms with Gasteiger partial charge in [-0.2, -0.15) is 0 Å². The van der Waals surface area contributed by atoms with Crippen LogP contribution in [0.3, 0.4) is 0 Å². The van der Waals surface area contributed by atoms with Gasteiger partial charge in [0.15, 0.2) is 0 Å². The first-order valence-corrected chi connectivity index (χ1v) is 4.72. The van der Waals surface area contributed by atoms with Crippen LogP contribution in [0.5, 0.6) is 0 Å². The molecule has 0 saturated heterocycles. The van der Waals surface area contributed by atoms with Crippen LogP contribution in [0.25, 0.3) is 0 Å². The van der Waals surface area contributed by atoms with Crippen molar-refractivity contribution in [3.05, 3.63) is 35.9 Å². The zero-order valence-electron chi connectivity index (χ0n) is 8.64. The number of hydrogen-bond acceptors (Lipinski definition) is 3. The van der Waals surface area contributed by atoms with E-state index >= 15 is 0 Å². The maximum absolute atomic E-state index is 11.1. The Balaban J connectivity index is 2.70. The average molecular weight is 209 g/mol. The minimum absolute atomic E-state index is 0.212. The molecule has 0 bridgehead atoms. The second kappa shape index (κ2) is 6.16. The summed E-state index contributed by atoms with van der Waals surface area (Å²) in [6.45, 7) is -0.122. The van der Waals surface area contributed by atoms with Gasteiger partial charge in [0, 0.05) is 7.11 Å². The lowest BCUT2D eigenvalue weighted by molar-refractivity contribution is -0.125. The van der Waals surface area contributed by atoms with Gasteiger partial charge >= 0.3 is 0 Å². The summed E-state index contributed by atoms with van der Waals surface area (Å²) in [6, 6.07) is 9.28. The summed E-state index contributed by atoms with van der Waals surface area (Å²) in [5.74, 6) is -0.402. The smallest absolute Gasteiger partial charge is 0.246 e. The highest BCUT2D eigenvalue weighted by Gasteiger charge is 2.12. The van der Waals surface area contributed by atoms with Crippen LogP contribution in [0.1, 0.15) is 11.6 Å². The number of benzene rings is 1. The number of hydrogen-bond donors (Lipinski definition) is 2. The number of rotatable bonds is 5. The third kappa shape index (κ3) is 3.69. The molecule has 0 radical (unpaired) electrons. The monoisotopic (exact) mass is 209 g/mol. The summed E-state index contributed by atoms with van der Waals surface area (Å²) >= 11 is 0. The molecule has 0 aliphatic rings. The van der Waals surface area contributed by atoms with Crippen molar-refractivity contribution in [2.24, 2.45) is 0 Å². The molecule has 1 aromatic carbocycles. The fourth-order valence-electron chi connectivity index (χ4n) is 1.31. The fraction of sp³-hybridized carbons (Fsp3) is 0.364. The molecule has 0 aliphatic carbocycles. The van der Waals surface area contributed by atoms with E-state index in [1.807, 2.05) is 30.3 Å². The number of methoxy groups -OCH3 is 1. The lowest BCUT2D eigenvalue weighted by Crippen LogP contribution is -2.33. The Kier molecular flexibility index (Phi) is 4.80. The summed E-state index contributed by atoms with van der Waals surface area (Å²) in [5, 5.41) is 11.3. The number of amides is 1. The van der Waals surface area contributed by atoms with Crippen LogP contribution >= 0.6 is 0 Å². The molecule has 0 spiro atoms. The average Bonchev–Trinajstić information content (AvgIpc) is 2.29. The van der Waals surface area contributed by atoms with Crippen LogP contribution in [-0.4, -0.2) is 31.3 Å². The molecule has 0 heterocycles. The molecule has 1 aromatic rings. The Labute approximate surface area is 88.9 Å². The molecule has 2 N–H and O–H groups in total. The highest BCUT2D eigenvalue weighted by molar-refractivity contribution is 5.77. The first-order chi connectivity index (χ1) is 7.27. The van der Waals surface area contributed by atoms with Crippen molar-refractivity contribution in [1.82, 2.24) is 5.32 Å². The van der Waals surface area contributed by atoms with E-state index < -0.39 is 12.5 Å². The summed E-state index contributed by atoms with van der Waals surface area (Å²) in [4.78, 5) is 11.1. The Hall–Kier alpha value is -1.39. The molecule has 4 heteroatoms. The largest absolute Gasteiger partial charge is 0.387 e. The van der Waals surface area contributed by atoms with E-state index in [0.717, 1.165) is 5.56 Å². The molecule has 1 unspecified atom stereocenters. The van der Waals surface area contributed by atoms with Gasteiger partial charge in [0.1, 0.15) is 6.61 Å². The Morgan fingerprint density at radius 1 is 1.47 bits per heavy atom. The molecule has 82 valence electrons. The highest BCUT2D eigenvalue weighted by Crippen LogP contribution is 2.12. The van der Waals surface area contributed by atoms with Gasteiger partial charge < -0.3 is 15.2 Å². The zero-order chi connectivity index (χ0) is 11.1. The topological polar surface area (TPSA) is 58.6 Å². The van der Waals surface area contributed by atoms with Gasteiger partial charge in [-0.15, -0.1) is 0 Å². The van der Waals surface area contributed by atoms with E-state index in [1.54, 1.807) is 7.11 Å². The van der Waals surface area contributed by atoms with E-state index in [9.17, 15) is 4.79 Å². The standard InChI is InChI=1S/C11H15NO3/c1-15-8-10(12-11(14)7-13)9-5-3-2-4-6-9/h2-6,10,13H,7-8H2,1H3,(H,12,14). The first-order valence-electron chi connectivity index (χ1n) is 4.72. The van der Waals surface area contributed by atoms with E-state index in [4.69, 9.17) is 9.84 Å². The van der Waals surface area contributed by atoms with Crippen LogP contribution in [0.2, 0.25) is 0 Å². The quantitative estimate of drug-likeness (QED) is 0.741. The predicted molar refractivity (Wildman–Crippen MR) is 56.3 cm³/mol. The predicted octanol–water partition coefficient (Wildman–Crippen LogP) is 0.483. The maximum Gasteiger partial charge on any atom is 0.246 e. The number of aliphatic hydroxyl groups excluding tert-OH is 1. The second-order valence-electron chi connectivity index (χ2n) is 3.14. The zero-order valence-corrected chi connectivity index (χ0v) is 8.64. The minimum Gasteiger partial charge on any atom is -0.387 e. The minimum atomic E-state index is -0.507. The van der Waals surface area contributed by atoms with Gasteiger partial charge in [-0.1, -0.05) is 30.3 Å². The van der Waals surface area contributed by atoms with Gasteiger partial charge in [0.25, 0.3) is 0 Å². The SMILES string of the molecule is COCC(NC(=O)CO)c1ccccc1. The summed E-state index contributed by atoms with van der Waals surface area (Å²) in [6.07, 6.45) is 0. The lowest BCUT2D eigenvalue weighted by Gasteiger charge is -2.17. The van der Waals surface area contributed by atoms with Crippen molar-refractivity contribution >= 4 is 5.91 Å². The van der Waals surface area contributed by atoms with Crippen molar-refractivity contribution in [2.75, 3.05) is 20.3 Å². The van der Waals surface area contributed by atoms with Crippen LogP contribution in [0, 0.1) is 0 Å². The summed E-state index contributed by atoms with van der Waals surface area (Å²) in [5.41, 5.74) is 0.959. The molecule has 0 aliphatic heterocycles. The van der Waals surface area contributed by atoms with Gasteiger partial charge in [0.05, 0.1) is 12.6 Å². The van der Waals surface area contributed by atoms with Crippen molar-refractivity contribution in [3.8, 4) is 0 Å². The van der Waals surface area contributed by atoms with Crippen LogP contribution in [0.4, 0.5) is 0 Å². The Morgan fingerprint density at radius 2 is 2.13 bits per heavy atom.